The fourth-order valence-corrected chi connectivity index (χ4v) is 2.01. The van der Waals surface area contributed by atoms with Gasteiger partial charge in [-0.25, -0.2) is 4.39 Å². The molecule has 120 valence electrons. The van der Waals surface area contributed by atoms with E-state index in [1.807, 2.05) is 18.2 Å². The Labute approximate surface area is 137 Å². The summed E-state index contributed by atoms with van der Waals surface area (Å²) in [4.78, 5) is 16.5. The summed E-state index contributed by atoms with van der Waals surface area (Å²) in [5, 5.41) is 6.72. The first kappa shape index (κ1) is 16.8. The third-order valence-corrected chi connectivity index (χ3v) is 3.18. The molecule has 0 spiro atoms. The van der Waals surface area contributed by atoms with Gasteiger partial charge in [0.2, 0.25) is 0 Å². The van der Waals surface area contributed by atoms with E-state index in [9.17, 15) is 9.18 Å². The van der Waals surface area contributed by atoms with Gasteiger partial charge in [-0.15, -0.1) is 0 Å². The summed E-state index contributed by atoms with van der Waals surface area (Å²) in [6, 6.07) is 12.8. The molecule has 23 heavy (non-hydrogen) atoms. The number of amides is 1. The molecule has 1 amide bonds. The van der Waals surface area contributed by atoms with Gasteiger partial charge in [0, 0.05) is 17.1 Å². The predicted octanol–water partition coefficient (Wildman–Crippen LogP) is 2.95. The number of halogens is 2. The molecule has 0 heterocycles. The van der Waals surface area contributed by atoms with E-state index < -0.39 is 11.7 Å². The Bertz CT molecular complexity index is 722. The van der Waals surface area contributed by atoms with Crippen LogP contribution in [0.3, 0.4) is 0 Å². The second kappa shape index (κ2) is 8.14. The maximum Gasteiger partial charge on any atom is 0.265 e. The zero-order valence-electron chi connectivity index (χ0n) is 12.1. The number of nitrogens with two attached hydrogens (primary N) is 1. The number of nitrogens with zero attached hydrogens (tertiary/aromatic N) is 1. The molecule has 0 fully saturated rings. The number of hydrogen-bond donors (Lipinski definition) is 2. The van der Waals surface area contributed by atoms with Gasteiger partial charge in [0.25, 0.3) is 5.91 Å². The van der Waals surface area contributed by atoms with Crippen molar-refractivity contribution >= 4 is 29.0 Å². The van der Waals surface area contributed by atoms with Gasteiger partial charge in [0.1, 0.15) is 11.7 Å². The summed E-state index contributed by atoms with van der Waals surface area (Å²) >= 11 is 6.01. The molecule has 0 atom stereocenters. The summed E-state index contributed by atoms with van der Waals surface area (Å²) in [6.45, 7) is -0.334. The van der Waals surface area contributed by atoms with Crippen molar-refractivity contribution in [2.24, 2.45) is 10.9 Å². The summed E-state index contributed by atoms with van der Waals surface area (Å²) < 4.78 is 13.0. The highest BCUT2D eigenvalue weighted by atomic mass is 35.5. The average Bonchev–Trinajstić information content (AvgIpc) is 2.49. The molecule has 2 aromatic rings. The van der Waals surface area contributed by atoms with Crippen molar-refractivity contribution in [1.29, 1.82) is 0 Å². The van der Waals surface area contributed by atoms with Crippen molar-refractivity contribution < 1.29 is 14.0 Å². The molecule has 0 radical (unpaired) electrons. The van der Waals surface area contributed by atoms with Gasteiger partial charge in [-0.05, 0) is 29.8 Å². The molecule has 0 bridgehead atoms. The number of oxime groups is 1. The van der Waals surface area contributed by atoms with Crippen LogP contribution in [0.5, 0.6) is 0 Å². The van der Waals surface area contributed by atoms with Crippen LogP contribution in [0.1, 0.15) is 5.56 Å². The lowest BCUT2D eigenvalue weighted by Crippen LogP contribution is -2.20. The monoisotopic (exact) mass is 335 g/mol. The van der Waals surface area contributed by atoms with Gasteiger partial charge in [0.05, 0.1) is 0 Å². The molecule has 2 aromatic carbocycles. The number of carbonyl (C=O) groups excluding carboxylic acids is 1. The summed E-state index contributed by atoms with van der Waals surface area (Å²) in [5.74, 6) is -0.715. The fraction of sp³-hybridized carbons (Fsp3) is 0.125. The van der Waals surface area contributed by atoms with Crippen LogP contribution in [-0.2, 0) is 16.1 Å². The Hall–Kier alpha value is -2.60. The quantitative estimate of drug-likeness (QED) is 0.484. The van der Waals surface area contributed by atoms with Crippen molar-refractivity contribution in [3.63, 3.8) is 0 Å². The molecule has 0 aliphatic carbocycles. The van der Waals surface area contributed by atoms with E-state index in [1.54, 1.807) is 12.1 Å². The number of nitrogens with one attached hydrogen (secondary N) is 1. The normalized spacial score (nSPS) is 11.1. The van der Waals surface area contributed by atoms with Crippen LogP contribution >= 0.6 is 11.6 Å². The predicted molar refractivity (Wildman–Crippen MR) is 87.8 cm³/mol. The third-order valence-electron chi connectivity index (χ3n) is 2.82. The van der Waals surface area contributed by atoms with E-state index >= 15 is 0 Å². The zero-order valence-corrected chi connectivity index (χ0v) is 12.9. The molecule has 0 aliphatic heterocycles. The number of anilines is 1. The van der Waals surface area contributed by atoms with E-state index in [0.29, 0.717) is 17.1 Å². The Morgan fingerprint density at radius 3 is 2.78 bits per heavy atom. The van der Waals surface area contributed by atoms with E-state index in [4.69, 9.17) is 22.2 Å². The lowest BCUT2D eigenvalue weighted by Gasteiger charge is -2.05. The molecule has 0 saturated heterocycles. The number of benzene rings is 2. The molecule has 5 nitrogen and oxygen atoms in total. The van der Waals surface area contributed by atoms with Crippen LogP contribution in [0.15, 0.2) is 53.7 Å². The molecular formula is C16H15ClFN3O2. The molecular weight excluding hydrogens is 321 g/mol. The van der Waals surface area contributed by atoms with E-state index in [1.165, 1.54) is 18.2 Å². The number of hydrogen-bond acceptors (Lipinski definition) is 3. The average molecular weight is 336 g/mol. The van der Waals surface area contributed by atoms with E-state index in [0.717, 1.165) is 5.56 Å². The first-order valence-corrected chi connectivity index (χ1v) is 7.15. The highest BCUT2D eigenvalue weighted by Gasteiger charge is 2.05. The van der Waals surface area contributed by atoms with Crippen molar-refractivity contribution in [1.82, 2.24) is 0 Å². The van der Waals surface area contributed by atoms with Gasteiger partial charge >= 0.3 is 0 Å². The van der Waals surface area contributed by atoms with Crippen LogP contribution in [0.2, 0.25) is 5.02 Å². The minimum atomic E-state index is -0.468. The summed E-state index contributed by atoms with van der Waals surface area (Å²) in [7, 11) is 0. The van der Waals surface area contributed by atoms with Crippen molar-refractivity contribution in [2.75, 3.05) is 11.9 Å². The summed E-state index contributed by atoms with van der Waals surface area (Å²) in [6.07, 6.45) is 0.311. The Morgan fingerprint density at radius 2 is 2.04 bits per heavy atom. The maximum atomic E-state index is 13.0. The second-order valence-corrected chi connectivity index (χ2v) is 5.09. The van der Waals surface area contributed by atoms with Crippen molar-refractivity contribution in [3.05, 3.63) is 64.9 Å². The molecule has 0 saturated carbocycles. The zero-order chi connectivity index (χ0) is 16.7. The first-order valence-electron chi connectivity index (χ1n) is 6.77. The molecule has 0 unspecified atom stereocenters. The minimum Gasteiger partial charge on any atom is -0.384 e. The van der Waals surface area contributed by atoms with Crippen LogP contribution in [0.4, 0.5) is 10.1 Å². The number of amidine groups is 1. The topological polar surface area (TPSA) is 76.7 Å². The minimum absolute atomic E-state index is 0.191. The van der Waals surface area contributed by atoms with E-state index in [2.05, 4.69) is 10.5 Å². The molecule has 0 aromatic heterocycles. The van der Waals surface area contributed by atoms with Crippen molar-refractivity contribution in [3.8, 4) is 0 Å². The van der Waals surface area contributed by atoms with Crippen LogP contribution < -0.4 is 11.1 Å². The Morgan fingerprint density at radius 1 is 1.26 bits per heavy atom. The highest BCUT2D eigenvalue weighted by molar-refractivity contribution is 6.31. The van der Waals surface area contributed by atoms with Gasteiger partial charge in [-0.3, -0.25) is 4.79 Å². The first-order chi connectivity index (χ1) is 11.0. The van der Waals surface area contributed by atoms with Crippen molar-refractivity contribution in [2.45, 2.75) is 6.42 Å². The largest absolute Gasteiger partial charge is 0.384 e. The van der Waals surface area contributed by atoms with Gasteiger partial charge in [-0.2, -0.15) is 0 Å². The smallest absolute Gasteiger partial charge is 0.265 e. The van der Waals surface area contributed by atoms with Gasteiger partial charge in [0.15, 0.2) is 6.61 Å². The van der Waals surface area contributed by atoms with Crippen LogP contribution in [0.25, 0.3) is 0 Å². The molecule has 7 heteroatoms. The third kappa shape index (κ3) is 5.60. The Kier molecular flexibility index (Phi) is 5.94. The second-order valence-electron chi connectivity index (χ2n) is 4.68. The lowest BCUT2D eigenvalue weighted by atomic mass is 10.1. The fourth-order valence-electron chi connectivity index (χ4n) is 1.81. The molecule has 3 N–H and O–H groups in total. The van der Waals surface area contributed by atoms with Crippen LogP contribution in [-0.4, -0.2) is 18.3 Å². The van der Waals surface area contributed by atoms with Crippen LogP contribution in [0, 0.1) is 5.82 Å². The summed E-state index contributed by atoms with van der Waals surface area (Å²) in [5.41, 5.74) is 6.87. The van der Waals surface area contributed by atoms with Gasteiger partial charge in [-0.1, -0.05) is 41.0 Å². The molecule has 2 rings (SSSR count). The SMILES string of the molecule is NC(Cc1ccccc1Cl)=NOCC(=O)Nc1cccc(F)c1. The number of rotatable bonds is 6. The number of carbonyl (C=O) groups is 1. The van der Waals surface area contributed by atoms with E-state index in [-0.39, 0.29) is 12.4 Å². The maximum absolute atomic E-state index is 13.0. The van der Waals surface area contributed by atoms with Gasteiger partial charge < -0.3 is 15.9 Å². The highest BCUT2D eigenvalue weighted by Crippen LogP contribution is 2.15. The standard InChI is InChI=1S/C16H15ClFN3O2/c17-14-7-2-1-4-11(14)8-15(19)21-23-10-16(22)20-13-6-3-5-12(18)9-13/h1-7,9H,8,10H2,(H2,19,21)(H,20,22). The lowest BCUT2D eigenvalue weighted by molar-refractivity contribution is -0.120. The molecule has 0 aliphatic rings. The Balaban J connectivity index is 1.81.